The summed E-state index contributed by atoms with van der Waals surface area (Å²) >= 11 is 0. The summed E-state index contributed by atoms with van der Waals surface area (Å²) in [7, 11) is -0.514. The highest BCUT2D eigenvalue weighted by Gasteiger charge is 2.54. The zero-order valence-electron chi connectivity index (χ0n) is 15.7. The zero-order valence-corrected chi connectivity index (χ0v) is 15.7. The fourth-order valence-corrected chi connectivity index (χ4v) is 2.50. The molecule has 0 aromatic carbocycles. The van der Waals surface area contributed by atoms with Gasteiger partial charge in [-0.2, -0.15) is 0 Å². The van der Waals surface area contributed by atoms with Crippen molar-refractivity contribution in [1.82, 2.24) is 4.68 Å². The standard InChI is InChI=1S/C16H27BN2O4/c1-10-12(17-22-15(6,7)16(8,9)23-17)11(2)19(18-10)13(20)21-14(3,4)5/h1-9H3/p+1. The Labute approximate surface area is 138 Å². The molecule has 2 rings (SSSR count). The van der Waals surface area contributed by atoms with Gasteiger partial charge in [0.05, 0.1) is 22.4 Å². The minimum absolute atomic E-state index is 0.426. The molecule has 0 bridgehead atoms. The fraction of sp³-hybridized carbons (Fsp3) is 0.750. The number of nitrogens with one attached hydrogen (secondary N) is 1. The van der Waals surface area contributed by atoms with Gasteiger partial charge in [0, 0.05) is 6.92 Å². The third-order valence-electron chi connectivity index (χ3n) is 4.47. The monoisotopic (exact) mass is 323 g/mol. The van der Waals surface area contributed by atoms with E-state index >= 15 is 0 Å². The van der Waals surface area contributed by atoms with Crippen molar-refractivity contribution in [3.05, 3.63) is 11.4 Å². The van der Waals surface area contributed by atoms with Gasteiger partial charge in [0.2, 0.25) is 5.69 Å². The number of nitrogens with zero attached hydrogens (tertiary/aromatic N) is 1. The molecule has 6 nitrogen and oxygen atoms in total. The van der Waals surface area contributed by atoms with Crippen molar-refractivity contribution in [3.63, 3.8) is 0 Å². The first kappa shape index (κ1) is 18.0. The summed E-state index contributed by atoms with van der Waals surface area (Å²) in [5, 5.41) is 3.05. The first-order chi connectivity index (χ1) is 10.3. The largest absolute Gasteiger partial charge is 0.503 e. The predicted molar refractivity (Wildman–Crippen MR) is 87.8 cm³/mol. The Kier molecular flexibility index (Phi) is 4.19. The first-order valence-corrected chi connectivity index (χ1v) is 7.95. The molecule has 1 N–H and O–H groups in total. The molecule has 0 atom stereocenters. The Balaban J connectivity index is 2.35. The quantitative estimate of drug-likeness (QED) is 0.742. The Hall–Kier alpha value is -1.34. The number of aromatic amines is 1. The lowest BCUT2D eigenvalue weighted by Crippen LogP contribution is -2.41. The minimum atomic E-state index is -0.556. The highest BCUT2D eigenvalue weighted by atomic mass is 16.7. The average molecular weight is 323 g/mol. The molecule has 1 aromatic rings. The van der Waals surface area contributed by atoms with Crippen molar-refractivity contribution in [2.45, 2.75) is 79.1 Å². The maximum absolute atomic E-state index is 12.3. The molecule has 1 saturated heterocycles. The molecular weight excluding hydrogens is 295 g/mol. The third-order valence-corrected chi connectivity index (χ3v) is 4.47. The molecule has 2 heterocycles. The molecule has 23 heavy (non-hydrogen) atoms. The molecule has 1 aromatic heterocycles. The highest BCUT2D eigenvalue weighted by molar-refractivity contribution is 6.63. The van der Waals surface area contributed by atoms with Crippen molar-refractivity contribution in [2.75, 3.05) is 0 Å². The maximum Gasteiger partial charge on any atom is 0.503 e. The van der Waals surface area contributed by atoms with Crippen molar-refractivity contribution in [2.24, 2.45) is 0 Å². The van der Waals surface area contributed by atoms with E-state index in [1.165, 1.54) is 4.68 Å². The molecule has 1 fully saturated rings. The van der Waals surface area contributed by atoms with Crippen molar-refractivity contribution >= 4 is 18.7 Å². The minimum Gasteiger partial charge on any atom is -0.440 e. The van der Waals surface area contributed by atoms with E-state index in [0.29, 0.717) is 0 Å². The number of carbonyl (C=O) groups is 1. The number of aromatic nitrogens is 2. The second kappa shape index (κ2) is 5.35. The van der Waals surface area contributed by atoms with Crippen LogP contribution in [0.4, 0.5) is 4.79 Å². The number of hydrogen-bond acceptors (Lipinski definition) is 4. The summed E-state index contributed by atoms with van der Waals surface area (Å²) in [6, 6.07) is 0. The Bertz CT molecular complexity index is 613. The lowest BCUT2D eigenvalue weighted by molar-refractivity contribution is -0.482. The first-order valence-electron chi connectivity index (χ1n) is 7.95. The van der Waals surface area contributed by atoms with Gasteiger partial charge in [0.15, 0.2) is 0 Å². The van der Waals surface area contributed by atoms with Crippen LogP contribution >= 0.6 is 0 Å². The van der Waals surface area contributed by atoms with Gasteiger partial charge in [-0.3, -0.25) is 0 Å². The van der Waals surface area contributed by atoms with E-state index in [2.05, 4.69) is 5.10 Å². The van der Waals surface area contributed by atoms with E-state index in [9.17, 15) is 4.79 Å². The van der Waals surface area contributed by atoms with Crippen LogP contribution in [0, 0.1) is 13.8 Å². The van der Waals surface area contributed by atoms with Gasteiger partial charge in [-0.05, 0) is 55.4 Å². The molecule has 0 amide bonds. The molecule has 0 spiro atoms. The highest BCUT2D eigenvalue weighted by Crippen LogP contribution is 2.36. The van der Waals surface area contributed by atoms with Gasteiger partial charge in [-0.25, -0.2) is 4.79 Å². The van der Waals surface area contributed by atoms with E-state index < -0.39 is 30.0 Å². The van der Waals surface area contributed by atoms with Crippen LogP contribution in [0.3, 0.4) is 0 Å². The van der Waals surface area contributed by atoms with E-state index in [0.717, 1.165) is 16.9 Å². The molecule has 7 heteroatoms. The fourth-order valence-electron chi connectivity index (χ4n) is 2.50. The number of ether oxygens (including phenoxy) is 1. The van der Waals surface area contributed by atoms with Crippen LogP contribution in [-0.4, -0.2) is 34.7 Å². The molecule has 0 radical (unpaired) electrons. The number of hydrogen-bond donors (Lipinski definition) is 0. The summed E-state index contributed by atoms with van der Waals surface area (Å²) in [5.74, 6) is 0. The summed E-state index contributed by atoms with van der Waals surface area (Å²) in [6.07, 6.45) is -0.444. The number of aryl methyl sites for hydroxylation is 1. The van der Waals surface area contributed by atoms with Crippen molar-refractivity contribution < 1.29 is 23.9 Å². The van der Waals surface area contributed by atoms with E-state index in [4.69, 9.17) is 14.0 Å². The molecule has 0 saturated carbocycles. The van der Waals surface area contributed by atoms with Crippen LogP contribution in [-0.2, 0) is 14.0 Å². The van der Waals surface area contributed by atoms with Crippen LogP contribution in [0.5, 0.6) is 0 Å². The topological polar surface area (TPSA) is 63.8 Å². The molecule has 0 unspecified atom stereocenters. The van der Waals surface area contributed by atoms with Gasteiger partial charge in [-0.1, -0.05) is 4.68 Å². The molecule has 0 aliphatic carbocycles. The van der Waals surface area contributed by atoms with Gasteiger partial charge >= 0.3 is 13.2 Å². The van der Waals surface area contributed by atoms with Gasteiger partial charge in [0.1, 0.15) is 5.60 Å². The number of H-pyrrole nitrogens is 1. The summed E-state index contributed by atoms with van der Waals surface area (Å²) in [4.78, 5) is 12.3. The second-order valence-corrected chi connectivity index (χ2v) is 8.14. The van der Waals surface area contributed by atoms with Crippen LogP contribution < -0.4 is 10.6 Å². The predicted octanol–water partition coefficient (Wildman–Crippen LogP) is 2.00. The summed E-state index contributed by atoms with van der Waals surface area (Å²) < 4.78 is 19.0. The van der Waals surface area contributed by atoms with E-state index in [1.54, 1.807) is 0 Å². The average Bonchev–Trinajstić information content (AvgIpc) is 2.71. The normalized spacial score (nSPS) is 20.0. The van der Waals surface area contributed by atoms with Gasteiger partial charge in [-0.15, -0.1) is 5.10 Å². The molecular formula is C16H28BN2O4+. The van der Waals surface area contributed by atoms with Crippen LogP contribution in [0.2, 0.25) is 0 Å². The van der Waals surface area contributed by atoms with E-state index in [-0.39, 0.29) is 0 Å². The number of rotatable bonds is 1. The van der Waals surface area contributed by atoms with Crippen molar-refractivity contribution in [1.29, 1.82) is 0 Å². The lowest BCUT2D eigenvalue weighted by Gasteiger charge is -2.32. The summed E-state index contributed by atoms with van der Waals surface area (Å²) in [6.45, 7) is 17.3. The third kappa shape index (κ3) is 3.31. The lowest BCUT2D eigenvalue weighted by atomic mass is 9.77. The Morgan fingerprint density at radius 1 is 1.13 bits per heavy atom. The molecule has 1 aliphatic heterocycles. The molecule has 1 aliphatic rings. The Morgan fingerprint density at radius 3 is 2.04 bits per heavy atom. The maximum atomic E-state index is 12.3. The van der Waals surface area contributed by atoms with Crippen LogP contribution in [0.25, 0.3) is 0 Å². The van der Waals surface area contributed by atoms with Gasteiger partial charge in [0.25, 0.3) is 0 Å². The molecule has 128 valence electrons. The number of carbonyl (C=O) groups excluding carboxylic acids is 1. The van der Waals surface area contributed by atoms with Gasteiger partial charge < -0.3 is 14.0 Å². The smallest absolute Gasteiger partial charge is 0.440 e. The second-order valence-electron chi connectivity index (χ2n) is 8.14. The van der Waals surface area contributed by atoms with Crippen LogP contribution in [0.1, 0.15) is 59.9 Å². The SMILES string of the molecule is Cc1[nH+]n(C(=O)OC(C)(C)C)c(C)c1B1OC(C)(C)C(C)(C)O1. The van der Waals surface area contributed by atoms with Crippen molar-refractivity contribution in [3.8, 4) is 0 Å². The summed E-state index contributed by atoms with van der Waals surface area (Å²) in [5.41, 5.74) is 0.992. The van der Waals surface area contributed by atoms with Crippen LogP contribution in [0.15, 0.2) is 0 Å². The zero-order chi connectivity index (χ0) is 17.8. The Morgan fingerprint density at radius 2 is 1.61 bits per heavy atom. The van der Waals surface area contributed by atoms with E-state index in [1.807, 2.05) is 62.3 Å².